The van der Waals surface area contributed by atoms with Crippen molar-refractivity contribution in [1.82, 2.24) is 4.98 Å². The molecule has 2 rings (SSSR count). The monoisotopic (exact) mass is 232 g/mol. The maximum atomic E-state index is 13.4. The second kappa shape index (κ2) is 4.21. The zero-order valence-electron chi connectivity index (χ0n) is 8.74. The molecule has 86 valence electrons. The maximum Gasteiger partial charge on any atom is 0.250 e. The third kappa shape index (κ3) is 1.94. The first-order valence-corrected chi connectivity index (χ1v) is 4.85. The van der Waals surface area contributed by atoms with Gasteiger partial charge in [-0.15, -0.1) is 0 Å². The summed E-state index contributed by atoms with van der Waals surface area (Å²) in [6, 6.07) is 2.49. The van der Waals surface area contributed by atoms with Crippen LogP contribution in [-0.4, -0.2) is 17.2 Å². The minimum absolute atomic E-state index is 0.222. The summed E-state index contributed by atoms with van der Waals surface area (Å²) in [5, 5.41) is 0.406. The lowest BCUT2D eigenvalue weighted by atomic mass is 10.1. The number of rotatable bonds is 3. The third-order valence-corrected chi connectivity index (χ3v) is 2.40. The average Bonchev–Trinajstić information content (AvgIpc) is 2.69. The lowest BCUT2D eigenvalue weighted by Crippen LogP contribution is -2.09. The highest BCUT2D eigenvalue weighted by Gasteiger charge is 2.12. The number of benzene rings is 1. The van der Waals surface area contributed by atoms with Crippen molar-refractivity contribution in [3.8, 4) is 0 Å². The Kier molecular flexibility index (Phi) is 2.74. The molecule has 0 saturated carbocycles. The van der Waals surface area contributed by atoms with Crippen LogP contribution in [0.25, 0.3) is 17.0 Å². The number of carbonyl (C=O) groups excluding carboxylic acids is 2. The molecule has 3 N–H and O–H groups in total. The highest BCUT2D eigenvalue weighted by Crippen LogP contribution is 2.24. The number of nitrogens with two attached hydrogens (primary N) is 1. The fourth-order valence-electron chi connectivity index (χ4n) is 1.70. The van der Waals surface area contributed by atoms with Crippen molar-refractivity contribution in [3.05, 3.63) is 41.3 Å². The van der Waals surface area contributed by atoms with Gasteiger partial charge in [-0.3, -0.25) is 9.59 Å². The number of aromatic amines is 1. The molecule has 5 heteroatoms. The molecule has 0 aliphatic carbocycles. The lowest BCUT2D eigenvalue weighted by molar-refractivity contribution is -0.104. The minimum atomic E-state index is -0.632. The van der Waals surface area contributed by atoms with Crippen molar-refractivity contribution in [2.75, 3.05) is 0 Å². The summed E-state index contributed by atoms with van der Waals surface area (Å²) in [7, 11) is 0. The number of fused-ring (bicyclic) bond motifs is 1. The Labute approximate surface area is 95.9 Å². The molecule has 0 fully saturated rings. The number of aromatic nitrogens is 1. The van der Waals surface area contributed by atoms with E-state index in [1.807, 2.05) is 0 Å². The van der Waals surface area contributed by atoms with Crippen LogP contribution >= 0.6 is 0 Å². The largest absolute Gasteiger partial charge is 0.366 e. The Morgan fingerprint density at radius 2 is 2.18 bits per heavy atom. The molecular weight excluding hydrogens is 223 g/mol. The van der Waals surface area contributed by atoms with Gasteiger partial charge in [-0.25, -0.2) is 4.39 Å². The molecule has 0 spiro atoms. The van der Waals surface area contributed by atoms with Gasteiger partial charge in [0.2, 0.25) is 0 Å². The summed E-state index contributed by atoms with van der Waals surface area (Å²) in [6.45, 7) is 0. The van der Waals surface area contributed by atoms with E-state index >= 15 is 0 Å². The Bertz CT molecular complexity index is 629. The van der Waals surface area contributed by atoms with E-state index in [9.17, 15) is 14.0 Å². The van der Waals surface area contributed by atoms with Crippen LogP contribution in [0.4, 0.5) is 4.39 Å². The van der Waals surface area contributed by atoms with Crippen molar-refractivity contribution < 1.29 is 14.0 Å². The van der Waals surface area contributed by atoms with Gasteiger partial charge in [-0.05, 0) is 24.3 Å². The summed E-state index contributed by atoms with van der Waals surface area (Å²) < 4.78 is 13.4. The van der Waals surface area contributed by atoms with E-state index in [-0.39, 0.29) is 5.56 Å². The van der Waals surface area contributed by atoms with E-state index in [0.29, 0.717) is 22.8 Å². The molecule has 0 saturated heterocycles. The van der Waals surface area contributed by atoms with E-state index in [0.717, 1.165) is 0 Å². The van der Waals surface area contributed by atoms with Crippen LogP contribution in [0.15, 0.2) is 24.4 Å². The average molecular weight is 232 g/mol. The number of allylic oxidation sites excluding steroid dienone is 1. The molecule has 17 heavy (non-hydrogen) atoms. The van der Waals surface area contributed by atoms with Crippen molar-refractivity contribution in [2.45, 2.75) is 0 Å². The second-order valence-electron chi connectivity index (χ2n) is 3.48. The molecular formula is C12H9FN2O2. The lowest BCUT2D eigenvalue weighted by Gasteiger charge is -1.99. The van der Waals surface area contributed by atoms with E-state index in [1.54, 1.807) is 0 Å². The number of amides is 1. The van der Waals surface area contributed by atoms with Crippen LogP contribution in [0.2, 0.25) is 0 Å². The molecule has 1 aromatic heterocycles. The molecule has 1 aromatic carbocycles. The molecule has 1 heterocycles. The summed E-state index contributed by atoms with van der Waals surface area (Å²) in [5.74, 6) is -1.13. The predicted octanol–water partition coefficient (Wildman–Crippen LogP) is 1.62. The highest BCUT2D eigenvalue weighted by molar-refractivity contribution is 6.07. The van der Waals surface area contributed by atoms with Gasteiger partial charge in [0.1, 0.15) is 12.1 Å². The summed E-state index contributed by atoms with van der Waals surface area (Å²) in [5.41, 5.74) is 6.45. The molecule has 0 aliphatic rings. The fraction of sp³-hybridized carbons (Fsp3) is 0. The molecule has 2 aromatic rings. The van der Waals surface area contributed by atoms with Gasteiger partial charge in [0, 0.05) is 17.1 Å². The quantitative estimate of drug-likeness (QED) is 0.623. The molecule has 4 nitrogen and oxygen atoms in total. The fourth-order valence-corrected chi connectivity index (χ4v) is 1.70. The first-order chi connectivity index (χ1) is 8.13. The zero-order valence-corrected chi connectivity index (χ0v) is 8.74. The topological polar surface area (TPSA) is 76.0 Å². The smallest absolute Gasteiger partial charge is 0.250 e. The number of halogens is 1. The number of carbonyl (C=O) groups is 2. The Hall–Kier alpha value is -2.43. The molecule has 1 amide bonds. The Balaban J connectivity index is 2.73. The van der Waals surface area contributed by atoms with E-state index in [4.69, 9.17) is 5.73 Å². The van der Waals surface area contributed by atoms with Crippen molar-refractivity contribution in [1.29, 1.82) is 0 Å². The van der Waals surface area contributed by atoms with Crippen molar-refractivity contribution in [3.63, 3.8) is 0 Å². The van der Waals surface area contributed by atoms with Crippen LogP contribution in [-0.2, 0) is 4.79 Å². The SMILES string of the molecule is NC(=O)c1c[nH]c2c(/C=C/C=O)cc(F)cc12. The maximum absolute atomic E-state index is 13.4. The van der Waals surface area contributed by atoms with Gasteiger partial charge < -0.3 is 10.7 Å². The standard InChI is InChI=1S/C12H9FN2O2/c13-8-4-7(2-1-3-16)11-9(5-8)10(6-15-11)12(14)17/h1-6,15H,(H2,14,17)/b2-1+. The molecule has 0 unspecified atom stereocenters. The summed E-state index contributed by atoms with van der Waals surface area (Å²) in [6.07, 6.45) is 4.72. The number of H-pyrrole nitrogens is 1. The summed E-state index contributed by atoms with van der Waals surface area (Å²) >= 11 is 0. The van der Waals surface area contributed by atoms with Crippen LogP contribution in [0, 0.1) is 5.82 Å². The number of hydrogen-bond acceptors (Lipinski definition) is 2. The Morgan fingerprint density at radius 3 is 2.82 bits per heavy atom. The van der Waals surface area contributed by atoms with Crippen LogP contribution in [0.5, 0.6) is 0 Å². The number of hydrogen-bond donors (Lipinski definition) is 2. The number of aldehydes is 1. The van der Waals surface area contributed by atoms with Gasteiger partial charge in [-0.1, -0.05) is 0 Å². The first-order valence-electron chi connectivity index (χ1n) is 4.85. The molecule has 0 atom stereocenters. The van der Waals surface area contributed by atoms with Crippen LogP contribution in [0.1, 0.15) is 15.9 Å². The number of nitrogens with one attached hydrogen (secondary N) is 1. The van der Waals surface area contributed by atoms with Crippen LogP contribution < -0.4 is 5.73 Å². The Morgan fingerprint density at radius 1 is 1.41 bits per heavy atom. The van der Waals surface area contributed by atoms with Crippen molar-refractivity contribution >= 4 is 29.2 Å². The molecule has 0 radical (unpaired) electrons. The van der Waals surface area contributed by atoms with Crippen LogP contribution in [0.3, 0.4) is 0 Å². The summed E-state index contributed by atoms with van der Waals surface area (Å²) in [4.78, 5) is 24.2. The van der Waals surface area contributed by atoms with E-state index < -0.39 is 11.7 Å². The van der Waals surface area contributed by atoms with Gasteiger partial charge >= 0.3 is 0 Å². The van der Waals surface area contributed by atoms with Gasteiger partial charge in [0.25, 0.3) is 5.91 Å². The van der Waals surface area contributed by atoms with E-state index in [2.05, 4.69) is 4.98 Å². The van der Waals surface area contributed by atoms with Gasteiger partial charge in [0.15, 0.2) is 0 Å². The van der Waals surface area contributed by atoms with Crippen molar-refractivity contribution in [2.24, 2.45) is 5.73 Å². The third-order valence-electron chi connectivity index (χ3n) is 2.40. The number of primary amides is 1. The normalized spacial score (nSPS) is 11.1. The first kappa shape index (κ1) is 11.1. The van der Waals surface area contributed by atoms with Gasteiger partial charge in [0.05, 0.1) is 11.1 Å². The zero-order chi connectivity index (χ0) is 12.4. The minimum Gasteiger partial charge on any atom is -0.366 e. The highest BCUT2D eigenvalue weighted by atomic mass is 19.1. The van der Waals surface area contributed by atoms with E-state index in [1.165, 1.54) is 30.5 Å². The molecule has 0 aliphatic heterocycles. The predicted molar refractivity (Wildman–Crippen MR) is 61.9 cm³/mol. The molecule has 0 bridgehead atoms. The second-order valence-corrected chi connectivity index (χ2v) is 3.48. The van der Waals surface area contributed by atoms with Gasteiger partial charge in [-0.2, -0.15) is 0 Å².